The van der Waals surface area contributed by atoms with Crippen molar-refractivity contribution in [2.45, 2.75) is 77.4 Å². The second-order valence-electron chi connectivity index (χ2n) is 6.35. The summed E-state index contributed by atoms with van der Waals surface area (Å²) in [7, 11) is 0. The lowest BCUT2D eigenvalue weighted by atomic mass is 9.91. The number of rotatable bonds is 8. The van der Waals surface area contributed by atoms with Crippen LogP contribution in [0.1, 0.15) is 65.7 Å². The quantitative estimate of drug-likeness (QED) is 0.689. The van der Waals surface area contributed by atoms with E-state index in [4.69, 9.17) is 10.5 Å². The molecule has 1 aliphatic rings. The molecule has 0 aromatic rings. The van der Waals surface area contributed by atoms with E-state index in [9.17, 15) is 0 Å². The van der Waals surface area contributed by atoms with Crippen LogP contribution in [0.3, 0.4) is 0 Å². The van der Waals surface area contributed by atoms with Crippen LogP contribution < -0.4 is 5.73 Å². The van der Waals surface area contributed by atoms with Gasteiger partial charge in [-0.1, -0.05) is 39.0 Å². The van der Waals surface area contributed by atoms with E-state index in [1.807, 2.05) is 0 Å². The Balaban J connectivity index is 2.42. The first-order valence-corrected chi connectivity index (χ1v) is 8.19. The van der Waals surface area contributed by atoms with Gasteiger partial charge in [-0.25, -0.2) is 0 Å². The molecule has 2 atom stereocenters. The van der Waals surface area contributed by atoms with Gasteiger partial charge in [-0.05, 0) is 26.7 Å². The van der Waals surface area contributed by atoms with Crippen LogP contribution in [0.25, 0.3) is 0 Å². The Bertz CT molecular complexity index is 235. The predicted octanol–water partition coefficient (Wildman–Crippen LogP) is 3.18. The lowest BCUT2D eigenvalue weighted by molar-refractivity contribution is 0.0395. The molecule has 0 spiro atoms. The van der Waals surface area contributed by atoms with E-state index < -0.39 is 0 Å². The van der Waals surface area contributed by atoms with E-state index in [0.717, 1.165) is 32.7 Å². The largest absolute Gasteiger partial charge is 0.377 e. The molecular weight excluding hydrogens is 236 g/mol. The number of nitrogens with zero attached hydrogens (tertiary/aromatic N) is 1. The van der Waals surface area contributed by atoms with Crippen molar-refractivity contribution in [2.75, 3.05) is 26.2 Å². The summed E-state index contributed by atoms with van der Waals surface area (Å²) in [6.45, 7) is 10.6. The highest BCUT2D eigenvalue weighted by atomic mass is 16.5. The smallest absolute Gasteiger partial charge is 0.0674 e. The summed E-state index contributed by atoms with van der Waals surface area (Å²) in [5.74, 6) is 0. The molecule has 0 saturated carbocycles. The lowest BCUT2D eigenvalue weighted by Crippen LogP contribution is -2.53. The van der Waals surface area contributed by atoms with Crippen molar-refractivity contribution in [3.8, 4) is 0 Å². The number of ether oxygens (including phenoxy) is 1. The van der Waals surface area contributed by atoms with Gasteiger partial charge in [0.1, 0.15) is 0 Å². The molecule has 0 aliphatic carbocycles. The average Bonchev–Trinajstić information content (AvgIpc) is 2.63. The fourth-order valence-corrected chi connectivity index (χ4v) is 2.98. The minimum atomic E-state index is 0.161. The Morgan fingerprint density at radius 3 is 2.68 bits per heavy atom. The fraction of sp³-hybridized carbons (Fsp3) is 1.00. The summed E-state index contributed by atoms with van der Waals surface area (Å²) >= 11 is 0. The third kappa shape index (κ3) is 5.80. The van der Waals surface area contributed by atoms with Crippen LogP contribution >= 0.6 is 0 Å². The number of hydrogen-bond acceptors (Lipinski definition) is 3. The van der Waals surface area contributed by atoms with Crippen LogP contribution in [0.2, 0.25) is 0 Å². The molecule has 3 nitrogen and oxygen atoms in total. The van der Waals surface area contributed by atoms with Gasteiger partial charge < -0.3 is 10.5 Å². The van der Waals surface area contributed by atoms with Crippen molar-refractivity contribution in [1.82, 2.24) is 4.90 Å². The zero-order valence-electron chi connectivity index (χ0n) is 13.3. The van der Waals surface area contributed by atoms with Crippen LogP contribution in [-0.2, 0) is 4.74 Å². The summed E-state index contributed by atoms with van der Waals surface area (Å²) in [6.07, 6.45) is 9.41. The molecular formula is C16H34N2O. The fourth-order valence-electron chi connectivity index (χ4n) is 2.98. The second-order valence-corrected chi connectivity index (χ2v) is 6.35. The molecule has 1 aliphatic heterocycles. The lowest BCUT2D eigenvalue weighted by Gasteiger charge is -2.41. The predicted molar refractivity (Wildman–Crippen MR) is 82.4 cm³/mol. The van der Waals surface area contributed by atoms with E-state index >= 15 is 0 Å². The standard InChI is InChI=1S/C16H34N2O/c1-4-5-6-7-8-10-16(3,14-17)18-11-9-12-19-15(2)13-18/h15H,4-14,17H2,1-3H3. The van der Waals surface area contributed by atoms with E-state index in [1.165, 1.54) is 38.5 Å². The molecule has 1 rings (SSSR count). The SMILES string of the molecule is CCCCCCCC(C)(CN)N1CCCOC(C)C1. The molecule has 3 heteroatoms. The first kappa shape index (κ1) is 16.9. The summed E-state index contributed by atoms with van der Waals surface area (Å²) in [5.41, 5.74) is 6.25. The van der Waals surface area contributed by atoms with Crippen LogP contribution in [0.15, 0.2) is 0 Å². The summed E-state index contributed by atoms with van der Waals surface area (Å²) in [6, 6.07) is 0. The highest BCUT2D eigenvalue weighted by Crippen LogP contribution is 2.24. The maximum Gasteiger partial charge on any atom is 0.0674 e. The van der Waals surface area contributed by atoms with E-state index in [2.05, 4.69) is 25.7 Å². The molecule has 0 aromatic carbocycles. The van der Waals surface area contributed by atoms with Crippen LogP contribution in [0.4, 0.5) is 0 Å². The van der Waals surface area contributed by atoms with E-state index in [1.54, 1.807) is 0 Å². The van der Waals surface area contributed by atoms with Crippen LogP contribution in [-0.4, -0.2) is 42.8 Å². The topological polar surface area (TPSA) is 38.5 Å². The summed E-state index contributed by atoms with van der Waals surface area (Å²) in [5, 5.41) is 0. The molecule has 0 bridgehead atoms. The molecule has 1 saturated heterocycles. The number of hydrogen-bond donors (Lipinski definition) is 1. The van der Waals surface area contributed by atoms with Gasteiger partial charge in [0, 0.05) is 31.8 Å². The number of nitrogens with two attached hydrogens (primary N) is 1. The van der Waals surface area contributed by atoms with Gasteiger partial charge in [0.25, 0.3) is 0 Å². The van der Waals surface area contributed by atoms with Gasteiger partial charge in [-0.2, -0.15) is 0 Å². The van der Waals surface area contributed by atoms with Crippen LogP contribution in [0.5, 0.6) is 0 Å². The third-order valence-electron chi connectivity index (χ3n) is 4.47. The minimum Gasteiger partial charge on any atom is -0.377 e. The molecule has 2 N–H and O–H groups in total. The molecule has 0 amide bonds. The van der Waals surface area contributed by atoms with Gasteiger partial charge in [-0.15, -0.1) is 0 Å². The summed E-state index contributed by atoms with van der Waals surface area (Å²) in [4.78, 5) is 2.57. The minimum absolute atomic E-state index is 0.161. The Morgan fingerprint density at radius 1 is 1.26 bits per heavy atom. The average molecular weight is 270 g/mol. The summed E-state index contributed by atoms with van der Waals surface area (Å²) < 4.78 is 5.75. The zero-order valence-corrected chi connectivity index (χ0v) is 13.3. The van der Waals surface area contributed by atoms with Crippen molar-refractivity contribution in [3.05, 3.63) is 0 Å². The van der Waals surface area contributed by atoms with E-state index in [0.29, 0.717) is 6.10 Å². The molecule has 1 heterocycles. The van der Waals surface area contributed by atoms with Crippen molar-refractivity contribution < 1.29 is 4.74 Å². The van der Waals surface area contributed by atoms with Gasteiger partial charge in [0.2, 0.25) is 0 Å². The van der Waals surface area contributed by atoms with Crippen molar-refractivity contribution in [3.63, 3.8) is 0 Å². The maximum atomic E-state index is 6.09. The highest BCUT2D eigenvalue weighted by Gasteiger charge is 2.31. The number of unbranched alkanes of at least 4 members (excludes halogenated alkanes) is 4. The van der Waals surface area contributed by atoms with Crippen molar-refractivity contribution in [1.29, 1.82) is 0 Å². The Labute approximate surface area is 119 Å². The maximum absolute atomic E-state index is 6.09. The highest BCUT2D eigenvalue weighted by molar-refractivity contribution is 4.89. The zero-order chi connectivity index (χ0) is 14.1. The van der Waals surface area contributed by atoms with Gasteiger partial charge in [-0.3, -0.25) is 4.90 Å². The van der Waals surface area contributed by atoms with Crippen molar-refractivity contribution >= 4 is 0 Å². The Morgan fingerprint density at radius 2 is 2.00 bits per heavy atom. The first-order chi connectivity index (χ1) is 9.12. The van der Waals surface area contributed by atoms with Gasteiger partial charge in [0.15, 0.2) is 0 Å². The van der Waals surface area contributed by atoms with Gasteiger partial charge >= 0.3 is 0 Å². The molecule has 114 valence electrons. The van der Waals surface area contributed by atoms with Crippen molar-refractivity contribution in [2.24, 2.45) is 5.73 Å². The normalized spacial score (nSPS) is 24.9. The molecule has 19 heavy (non-hydrogen) atoms. The van der Waals surface area contributed by atoms with Crippen LogP contribution in [0, 0.1) is 0 Å². The first-order valence-electron chi connectivity index (χ1n) is 8.19. The Kier molecular flexibility index (Phi) is 7.96. The third-order valence-corrected chi connectivity index (χ3v) is 4.47. The molecule has 2 unspecified atom stereocenters. The molecule has 0 radical (unpaired) electrons. The van der Waals surface area contributed by atoms with Gasteiger partial charge in [0.05, 0.1) is 6.10 Å². The second kappa shape index (κ2) is 8.93. The Hall–Kier alpha value is -0.120. The molecule has 1 fully saturated rings. The monoisotopic (exact) mass is 270 g/mol. The molecule has 0 aromatic heterocycles. The van der Waals surface area contributed by atoms with E-state index in [-0.39, 0.29) is 5.54 Å².